The van der Waals surface area contributed by atoms with E-state index in [1.54, 1.807) is 0 Å². The zero-order valence-electron chi connectivity index (χ0n) is 35.2. The van der Waals surface area contributed by atoms with E-state index in [1.807, 2.05) is 6.07 Å². The van der Waals surface area contributed by atoms with Gasteiger partial charge in [0.25, 0.3) is 0 Å². The molecule has 0 bridgehead atoms. The molecule has 12 rings (SSSR count). The third-order valence-corrected chi connectivity index (χ3v) is 13.0. The summed E-state index contributed by atoms with van der Waals surface area (Å²) in [5, 5.41) is 7.25. The van der Waals surface area contributed by atoms with Gasteiger partial charge in [-0.15, -0.1) is 0 Å². The van der Waals surface area contributed by atoms with Crippen LogP contribution in [0.4, 0.5) is 11.4 Å². The molecular formula is C62H43NO. The molecule has 10 aromatic carbocycles. The minimum atomic E-state index is 0.294. The van der Waals surface area contributed by atoms with Gasteiger partial charge in [0.15, 0.2) is 0 Å². The first-order chi connectivity index (χ1) is 31.7. The number of rotatable bonds is 8. The molecule has 1 aliphatic carbocycles. The van der Waals surface area contributed by atoms with E-state index < -0.39 is 0 Å². The van der Waals surface area contributed by atoms with E-state index in [1.165, 1.54) is 66.1 Å². The zero-order valence-corrected chi connectivity index (χ0v) is 35.2. The summed E-state index contributed by atoms with van der Waals surface area (Å²) in [5.41, 5.74) is 16.0. The van der Waals surface area contributed by atoms with Crippen molar-refractivity contribution in [2.45, 2.75) is 12.3 Å². The van der Waals surface area contributed by atoms with Crippen LogP contribution in [0.25, 0.3) is 88.0 Å². The molecule has 0 fully saturated rings. The van der Waals surface area contributed by atoms with Crippen LogP contribution < -0.4 is 4.90 Å². The van der Waals surface area contributed by atoms with E-state index in [9.17, 15) is 0 Å². The number of nitrogens with zero attached hydrogens (tertiary/aromatic N) is 1. The van der Waals surface area contributed by atoms with Crippen LogP contribution in [-0.2, 0) is 0 Å². The fraction of sp³-hybridized carbons (Fsp3) is 0.0323. The van der Waals surface area contributed by atoms with Crippen LogP contribution in [0.2, 0.25) is 0 Å². The Bertz CT molecular complexity index is 3590. The summed E-state index contributed by atoms with van der Waals surface area (Å²) >= 11 is 0. The van der Waals surface area contributed by atoms with Gasteiger partial charge < -0.3 is 9.32 Å². The van der Waals surface area contributed by atoms with E-state index in [4.69, 9.17) is 4.42 Å². The Labute approximate surface area is 373 Å². The molecule has 64 heavy (non-hydrogen) atoms. The van der Waals surface area contributed by atoms with Crippen molar-refractivity contribution < 1.29 is 4.42 Å². The van der Waals surface area contributed by atoms with Crippen LogP contribution in [0.3, 0.4) is 0 Å². The predicted molar refractivity (Wildman–Crippen MR) is 270 cm³/mol. The summed E-state index contributed by atoms with van der Waals surface area (Å²) in [6.07, 6.45) is 8.03. The van der Waals surface area contributed by atoms with Crippen molar-refractivity contribution in [1.29, 1.82) is 0 Å². The summed E-state index contributed by atoms with van der Waals surface area (Å²) in [7, 11) is 0. The highest BCUT2D eigenvalue weighted by Gasteiger charge is 2.21. The van der Waals surface area contributed by atoms with Gasteiger partial charge in [0.05, 0.1) is 0 Å². The first-order valence-electron chi connectivity index (χ1n) is 22.2. The Hall–Kier alpha value is -8.20. The lowest BCUT2D eigenvalue weighted by atomic mass is 9.89. The molecule has 1 unspecified atom stereocenters. The summed E-state index contributed by atoms with van der Waals surface area (Å²) in [5.74, 6) is 0.294. The third-order valence-electron chi connectivity index (χ3n) is 13.0. The van der Waals surface area contributed by atoms with Crippen LogP contribution in [0.1, 0.15) is 17.9 Å². The Balaban J connectivity index is 0.986. The van der Waals surface area contributed by atoms with Gasteiger partial charge in [-0.05, 0) is 133 Å². The number of hydrogen-bond acceptors (Lipinski definition) is 2. The second-order valence-corrected chi connectivity index (χ2v) is 16.8. The van der Waals surface area contributed by atoms with Gasteiger partial charge in [0.1, 0.15) is 11.2 Å². The lowest BCUT2D eigenvalue weighted by Crippen LogP contribution is -2.17. The highest BCUT2D eigenvalue weighted by Crippen LogP contribution is 2.43. The molecule has 11 aromatic rings. The highest BCUT2D eigenvalue weighted by atomic mass is 16.3. The van der Waals surface area contributed by atoms with Gasteiger partial charge >= 0.3 is 0 Å². The van der Waals surface area contributed by atoms with Gasteiger partial charge in [-0.2, -0.15) is 0 Å². The predicted octanol–water partition coefficient (Wildman–Crippen LogP) is 17.3. The van der Waals surface area contributed by atoms with E-state index >= 15 is 0 Å². The van der Waals surface area contributed by atoms with E-state index in [0.29, 0.717) is 5.92 Å². The summed E-state index contributed by atoms with van der Waals surface area (Å²) in [6.45, 7) is 0. The summed E-state index contributed by atoms with van der Waals surface area (Å²) < 4.78 is 6.30. The zero-order chi connectivity index (χ0) is 42.4. The number of furan rings is 1. The molecule has 1 heterocycles. The van der Waals surface area contributed by atoms with E-state index in [-0.39, 0.29) is 0 Å². The highest BCUT2D eigenvalue weighted by molar-refractivity contribution is 6.19. The average Bonchev–Trinajstić information content (AvgIpc) is 3.76. The maximum Gasteiger partial charge on any atom is 0.136 e. The lowest BCUT2D eigenvalue weighted by molar-refractivity contribution is 0.669. The monoisotopic (exact) mass is 817 g/mol. The van der Waals surface area contributed by atoms with E-state index in [2.05, 4.69) is 242 Å². The van der Waals surface area contributed by atoms with Crippen molar-refractivity contribution in [3.05, 3.63) is 254 Å². The van der Waals surface area contributed by atoms with Crippen molar-refractivity contribution in [3.8, 4) is 44.5 Å². The van der Waals surface area contributed by atoms with Crippen LogP contribution in [0.15, 0.2) is 253 Å². The average molecular weight is 818 g/mol. The van der Waals surface area contributed by atoms with Crippen molar-refractivity contribution >= 4 is 54.9 Å². The van der Waals surface area contributed by atoms with Crippen molar-refractivity contribution in [1.82, 2.24) is 0 Å². The molecule has 302 valence electrons. The molecule has 0 aliphatic heterocycles. The molecular weight excluding hydrogens is 775 g/mol. The molecule has 0 amide bonds. The number of para-hydroxylation sites is 1. The van der Waals surface area contributed by atoms with Gasteiger partial charge in [-0.3, -0.25) is 0 Å². The maximum absolute atomic E-state index is 6.30. The summed E-state index contributed by atoms with van der Waals surface area (Å²) in [4.78, 5) is 2.44. The third kappa shape index (κ3) is 6.87. The quantitative estimate of drug-likeness (QED) is 0.152. The minimum Gasteiger partial charge on any atom is -0.456 e. The molecule has 1 atom stereocenters. The maximum atomic E-state index is 6.30. The second kappa shape index (κ2) is 15.9. The smallest absolute Gasteiger partial charge is 0.136 e. The Morgan fingerprint density at radius 3 is 1.91 bits per heavy atom. The molecule has 0 saturated carbocycles. The standard InChI is InChI=1S/C62H43NO/c1-3-13-42(14-4-1)49-20-12-22-54(39-49)63(53-32-29-44(30-33-53)50-27-25-43-15-7-8-18-47(43)37-50)55-34-35-56(45-16-5-2-6-17-45)58(41-55)52-21-11-19-48(38-52)51-28-26-46-31-36-61-62(59(46)40-51)57-23-9-10-24-60(57)64-61/h1-29,31-41,44H,30H2. The number of allylic oxidation sites excluding steroid dienone is 3. The lowest BCUT2D eigenvalue weighted by Gasteiger charge is -2.30. The Kier molecular flexibility index (Phi) is 9.34. The van der Waals surface area contributed by atoms with Crippen LogP contribution in [0, 0.1) is 0 Å². The largest absolute Gasteiger partial charge is 0.456 e. The van der Waals surface area contributed by atoms with Crippen molar-refractivity contribution in [2.24, 2.45) is 0 Å². The first kappa shape index (κ1) is 37.6. The SMILES string of the molecule is C1=CC(c2ccc3ccccc3c2)CC=C1N(c1cccc(-c2ccccc2)c1)c1ccc(-c2ccccc2)c(-c2cccc(-c3ccc4ccc5oc6ccccc6c5c4c3)c2)c1. The van der Waals surface area contributed by atoms with Crippen LogP contribution >= 0.6 is 0 Å². The van der Waals surface area contributed by atoms with Crippen molar-refractivity contribution in [3.63, 3.8) is 0 Å². The van der Waals surface area contributed by atoms with Crippen LogP contribution in [0.5, 0.6) is 0 Å². The van der Waals surface area contributed by atoms with Gasteiger partial charge in [0.2, 0.25) is 0 Å². The minimum absolute atomic E-state index is 0.294. The number of fused-ring (bicyclic) bond motifs is 6. The normalized spacial score (nSPS) is 13.8. The molecule has 1 aromatic heterocycles. The molecule has 0 saturated heterocycles. The molecule has 0 radical (unpaired) electrons. The Morgan fingerprint density at radius 2 is 1.06 bits per heavy atom. The van der Waals surface area contributed by atoms with Gasteiger partial charge in [-0.1, -0.05) is 188 Å². The molecule has 0 spiro atoms. The molecule has 1 aliphatic rings. The van der Waals surface area contributed by atoms with Crippen LogP contribution in [-0.4, -0.2) is 0 Å². The van der Waals surface area contributed by atoms with E-state index in [0.717, 1.165) is 51.0 Å². The fourth-order valence-corrected chi connectivity index (χ4v) is 9.73. The van der Waals surface area contributed by atoms with Gasteiger partial charge in [-0.25, -0.2) is 0 Å². The number of hydrogen-bond donors (Lipinski definition) is 0. The molecule has 2 heteroatoms. The first-order valence-corrected chi connectivity index (χ1v) is 22.2. The summed E-state index contributed by atoms with van der Waals surface area (Å²) in [6, 6.07) is 81.4. The molecule has 2 nitrogen and oxygen atoms in total. The van der Waals surface area contributed by atoms with Crippen molar-refractivity contribution in [2.75, 3.05) is 4.90 Å². The number of anilines is 2. The fourth-order valence-electron chi connectivity index (χ4n) is 9.73. The van der Waals surface area contributed by atoms with Gasteiger partial charge in [0, 0.05) is 33.8 Å². The Morgan fingerprint density at radius 1 is 0.391 bits per heavy atom. The molecule has 0 N–H and O–H groups in total. The topological polar surface area (TPSA) is 16.4 Å². The number of benzene rings is 10. The second-order valence-electron chi connectivity index (χ2n) is 16.8.